The summed E-state index contributed by atoms with van der Waals surface area (Å²) in [5.74, 6) is -0.668. The fourth-order valence-electron chi connectivity index (χ4n) is 1.63. The Bertz CT molecular complexity index is 185. The molecular weight excluding hydrogens is 200 g/mol. The minimum atomic E-state index is -0.668. The molecule has 0 saturated heterocycles. The van der Waals surface area contributed by atoms with Crippen LogP contribution in [0.3, 0.4) is 0 Å². The number of hydrogen-bond donors (Lipinski definition) is 1. The molecule has 2 heteroatoms. The Morgan fingerprint density at radius 1 is 0.938 bits per heavy atom. The van der Waals surface area contributed by atoms with Crippen LogP contribution in [0, 0.1) is 0 Å². The zero-order valence-electron chi connectivity index (χ0n) is 10.6. The number of carboxylic acids is 1. The molecule has 2 nitrogen and oxygen atoms in total. The average Bonchev–Trinajstić information content (AvgIpc) is 2.25. The third-order valence-electron chi connectivity index (χ3n) is 2.65. The Morgan fingerprint density at radius 3 is 2.12 bits per heavy atom. The van der Waals surface area contributed by atoms with Gasteiger partial charge in [0, 0.05) is 6.42 Å². The molecule has 0 heterocycles. The van der Waals surface area contributed by atoms with Crippen molar-refractivity contribution < 1.29 is 9.90 Å². The van der Waals surface area contributed by atoms with Crippen LogP contribution in [-0.4, -0.2) is 11.1 Å². The predicted octanol–water partition coefficient (Wildman–Crippen LogP) is 4.55. The summed E-state index contributed by atoms with van der Waals surface area (Å²) >= 11 is 0. The lowest BCUT2D eigenvalue weighted by Gasteiger charge is -1.98. The molecule has 0 aromatic rings. The van der Waals surface area contributed by atoms with Gasteiger partial charge in [-0.05, 0) is 25.7 Å². The third kappa shape index (κ3) is 13.2. The number of allylic oxidation sites excluding steroid dienone is 2. The maximum atomic E-state index is 10.3. The summed E-state index contributed by atoms with van der Waals surface area (Å²) < 4.78 is 0. The van der Waals surface area contributed by atoms with Crippen molar-refractivity contribution in [3.63, 3.8) is 0 Å². The lowest BCUT2D eigenvalue weighted by Crippen LogP contribution is -1.93. The van der Waals surface area contributed by atoms with Crippen molar-refractivity contribution in [1.82, 2.24) is 0 Å². The topological polar surface area (TPSA) is 37.3 Å². The molecule has 0 bridgehead atoms. The second-order valence-corrected chi connectivity index (χ2v) is 4.31. The first kappa shape index (κ1) is 15.2. The molecule has 0 aromatic carbocycles. The van der Waals surface area contributed by atoms with Gasteiger partial charge in [-0.25, -0.2) is 0 Å². The molecule has 0 fully saturated rings. The zero-order valence-corrected chi connectivity index (χ0v) is 10.6. The summed E-state index contributed by atoms with van der Waals surface area (Å²) in [6, 6.07) is 0. The quantitative estimate of drug-likeness (QED) is 0.414. The highest BCUT2D eigenvalue weighted by molar-refractivity contribution is 5.66. The molecule has 94 valence electrons. The highest BCUT2D eigenvalue weighted by atomic mass is 16.4. The summed E-state index contributed by atoms with van der Waals surface area (Å²) in [6.45, 7) is 2.21. The molecule has 0 amide bonds. The van der Waals surface area contributed by atoms with Crippen LogP contribution in [0.2, 0.25) is 0 Å². The minimum absolute atomic E-state index is 0.330. The van der Waals surface area contributed by atoms with Gasteiger partial charge in [0.1, 0.15) is 0 Å². The first-order valence-electron chi connectivity index (χ1n) is 6.64. The number of unbranched alkanes of at least 4 members (excludes halogenated alkanes) is 7. The Morgan fingerprint density at radius 2 is 1.50 bits per heavy atom. The van der Waals surface area contributed by atoms with Crippen LogP contribution in [-0.2, 0) is 4.79 Å². The lowest BCUT2D eigenvalue weighted by atomic mass is 10.1. The van der Waals surface area contributed by atoms with Gasteiger partial charge in [0.2, 0.25) is 0 Å². The van der Waals surface area contributed by atoms with E-state index in [1.54, 1.807) is 0 Å². The molecule has 0 rings (SSSR count). The average molecular weight is 226 g/mol. The molecule has 1 N–H and O–H groups in total. The number of rotatable bonds is 11. The standard InChI is InChI=1S/C14H26O2/c1-2-3-4-5-6-7-8-9-10-11-12-13-14(15)16/h5-6H,2-4,7-13H2,1H3,(H,15,16)/b6-5+. The first-order valence-corrected chi connectivity index (χ1v) is 6.64. The van der Waals surface area contributed by atoms with Crippen molar-refractivity contribution in [2.75, 3.05) is 0 Å². The van der Waals surface area contributed by atoms with Crippen molar-refractivity contribution >= 4 is 5.97 Å². The van der Waals surface area contributed by atoms with Gasteiger partial charge in [-0.2, -0.15) is 0 Å². The van der Waals surface area contributed by atoms with Gasteiger partial charge in [-0.15, -0.1) is 0 Å². The van der Waals surface area contributed by atoms with Gasteiger partial charge in [0.25, 0.3) is 0 Å². The SMILES string of the molecule is CCCC/C=C/CCCCCCCC(=O)O. The number of carbonyl (C=O) groups is 1. The Hall–Kier alpha value is -0.790. The van der Waals surface area contributed by atoms with E-state index in [2.05, 4.69) is 19.1 Å². The third-order valence-corrected chi connectivity index (χ3v) is 2.65. The fourth-order valence-corrected chi connectivity index (χ4v) is 1.63. The van der Waals surface area contributed by atoms with E-state index in [0.29, 0.717) is 6.42 Å². The predicted molar refractivity (Wildman–Crippen MR) is 68.6 cm³/mol. The molecule has 0 unspecified atom stereocenters. The summed E-state index contributed by atoms with van der Waals surface area (Å²) in [5, 5.41) is 8.45. The van der Waals surface area contributed by atoms with E-state index in [1.165, 1.54) is 44.9 Å². The van der Waals surface area contributed by atoms with Crippen LogP contribution in [0.5, 0.6) is 0 Å². The van der Waals surface area contributed by atoms with Gasteiger partial charge in [0.15, 0.2) is 0 Å². The van der Waals surface area contributed by atoms with Crippen molar-refractivity contribution in [1.29, 1.82) is 0 Å². The molecule has 16 heavy (non-hydrogen) atoms. The maximum absolute atomic E-state index is 10.3. The highest BCUT2D eigenvalue weighted by Gasteiger charge is 1.95. The summed E-state index contributed by atoms with van der Waals surface area (Å²) in [7, 11) is 0. The van der Waals surface area contributed by atoms with Crippen LogP contribution in [0.25, 0.3) is 0 Å². The van der Waals surface area contributed by atoms with Crippen LogP contribution in [0.15, 0.2) is 12.2 Å². The van der Waals surface area contributed by atoms with Crippen molar-refractivity contribution in [2.45, 2.75) is 71.1 Å². The van der Waals surface area contributed by atoms with Crippen LogP contribution >= 0.6 is 0 Å². The van der Waals surface area contributed by atoms with E-state index < -0.39 is 5.97 Å². The van der Waals surface area contributed by atoms with E-state index in [9.17, 15) is 4.79 Å². The number of aliphatic carboxylic acids is 1. The Kier molecular flexibility index (Phi) is 11.7. The largest absolute Gasteiger partial charge is 0.481 e. The van der Waals surface area contributed by atoms with E-state index in [0.717, 1.165) is 12.8 Å². The van der Waals surface area contributed by atoms with E-state index >= 15 is 0 Å². The molecule has 0 aliphatic carbocycles. The van der Waals surface area contributed by atoms with Crippen LogP contribution in [0.4, 0.5) is 0 Å². The van der Waals surface area contributed by atoms with Gasteiger partial charge in [0.05, 0.1) is 0 Å². The van der Waals surface area contributed by atoms with Gasteiger partial charge in [-0.3, -0.25) is 4.79 Å². The number of carboxylic acid groups (broad SMARTS) is 1. The van der Waals surface area contributed by atoms with Crippen LogP contribution < -0.4 is 0 Å². The van der Waals surface area contributed by atoms with Gasteiger partial charge < -0.3 is 5.11 Å². The second-order valence-electron chi connectivity index (χ2n) is 4.31. The lowest BCUT2D eigenvalue weighted by molar-refractivity contribution is -0.137. The summed E-state index contributed by atoms with van der Waals surface area (Å²) in [5.41, 5.74) is 0. The molecule has 0 aromatic heterocycles. The van der Waals surface area contributed by atoms with Crippen LogP contribution in [0.1, 0.15) is 71.1 Å². The monoisotopic (exact) mass is 226 g/mol. The van der Waals surface area contributed by atoms with E-state index in [4.69, 9.17) is 5.11 Å². The zero-order chi connectivity index (χ0) is 12.1. The van der Waals surface area contributed by atoms with Gasteiger partial charge in [-0.1, -0.05) is 51.2 Å². The normalized spacial score (nSPS) is 11.1. The molecular formula is C14H26O2. The molecule has 0 aliphatic rings. The fraction of sp³-hybridized carbons (Fsp3) is 0.786. The Balaban J connectivity index is 3.03. The Labute approximate surface area is 99.7 Å². The maximum Gasteiger partial charge on any atom is 0.303 e. The van der Waals surface area contributed by atoms with E-state index in [-0.39, 0.29) is 0 Å². The first-order chi connectivity index (χ1) is 7.77. The molecule has 0 radical (unpaired) electrons. The molecule has 0 atom stereocenters. The van der Waals surface area contributed by atoms with Crippen molar-refractivity contribution in [3.05, 3.63) is 12.2 Å². The van der Waals surface area contributed by atoms with Gasteiger partial charge >= 0.3 is 5.97 Å². The molecule has 0 aliphatic heterocycles. The second kappa shape index (κ2) is 12.3. The number of hydrogen-bond acceptors (Lipinski definition) is 1. The molecule has 0 spiro atoms. The highest BCUT2D eigenvalue weighted by Crippen LogP contribution is 2.08. The smallest absolute Gasteiger partial charge is 0.303 e. The molecule has 0 saturated carbocycles. The summed E-state index contributed by atoms with van der Waals surface area (Å²) in [6.07, 6.45) is 15.4. The van der Waals surface area contributed by atoms with Crippen molar-refractivity contribution in [3.8, 4) is 0 Å². The van der Waals surface area contributed by atoms with E-state index in [1.807, 2.05) is 0 Å². The van der Waals surface area contributed by atoms with Crippen molar-refractivity contribution in [2.24, 2.45) is 0 Å². The minimum Gasteiger partial charge on any atom is -0.481 e. The summed E-state index contributed by atoms with van der Waals surface area (Å²) in [4.78, 5) is 10.3.